The van der Waals surface area contributed by atoms with E-state index in [1.807, 2.05) is 0 Å². The third kappa shape index (κ3) is 2.19. The molecule has 1 aromatic rings. The van der Waals surface area contributed by atoms with E-state index in [0.717, 1.165) is 0 Å². The lowest BCUT2D eigenvalue weighted by Gasteiger charge is -2.03. The van der Waals surface area contributed by atoms with Gasteiger partial charge in [-0.15, -0.1) is 0 Å². The predicted molar refractivity (Wildman–Crippen MR) is 49.4 cm³/mol. The number of halogens is 1. The molecule has 1 radical (unpaired) electrons. The number of hydrogen-bond donors (Lipinski definition) is 1. The molecule has 0 saturated carbocycles. The maximum atomic E-state index is 10.4. The largest absolute Gasteiger partial charge is 0.569 e. The van der Waals surface area contributed by atoms with Crippen molar-refractivity contribution in [2.75, 3.05) is 0 Å². The Balaban J connectivity index is 3.10. The lowest BCUT2D eigenvalue weighted by molar-refractivity contribution is -0.385. The Morgan fingerprint density at radius 1 is 1.62 bits per heavy atom. The van der Waals surface area contributed by atoms with Crippen molar-refractivity contribution in [2.24, 2.45) is 0 Å². The van der Waals surface area contributed by atoms with Gasteiger partial charge in [-0.1, -0.05) is 6.07 Å². The highest BCUT2D eigenvalue weighted by Gasteiger charge is 2.15. The molecule has 0 atom stereocenters. The normalized spacial score (nSPS) is 9.38. The van der Waals surface area contributed by atoms with Gasteiger partial charge in [-0.05, 0) is 22.0 Å². The lowest BCUT2D eigenvalue weighted by Crippen LogP contribution is -2.01. The summed E-state index contributed by atoms with van der Waals surface area (Å²) >= 11 is 2.99. The van der Waals surface area contributed by atoms with Crippen molar-refractivity contribution in [1.29, 1.82) is 0 Å². The molecule has 0 heterocycles. The van der Waals surface area contributed by atoms with E-state index in [4.69, 9.17) is 5.02 Å². The molecule has 5 nitrogen and oxygen atoms in total. The quantitative estimate of drug-likeness (QED) is 0.494. The number of rotatable bonds is 3. The molecule has 0 saturated heterocycles. The first-order valence-electron chi connectivity index (χ1n) is 3.22. The van der Waals surface area contributed by atoms with Crippen molar-refractivity contribution in [3.63, 3.8) is 0 Å². The van der Waals surface area contributed by atoms with E-state index < -0.39 is 4.92 Å². The van der Waals surface area contributed by atoms with Gasteiger partial charge in [-0.25, -0.2) is 0 Å². The second kappa shape index (κ2) is 4.24. The van der Waals surface area contributed by atoms with Crippen LogP contribution in [0.5, 0.6) is 5.75 Å². The number of nitro groups is 1. The summed E-state index contributed by atoms with van der Waals surface area (Å²) in [7, 11) is 0.462. The third-order valence-corrected chi connectivity index (χ3v) is 2.12. The van der Waals surface area contributed by atoms with Gasteiger partial charge in [0, 0.05) is 6.07 Å². The van der Waals surface area contributed by atoms with Crippen molar-refractivity contribution in [3.05, 3.63) is 32.8 Å². The molecular formula is C6H4BBrNO4. The van der Waals surface area contributed by atoms with Gasteiger partial charge in [0.1, 0.15) is 10.2 Å². The van der Waals surface area contributed by atoms with Crippen LogP contribution in [0, 0.1) is 10.1 Å². The Morgan fingerprint density at radius 3 is 2.85 bits per heavy atom. The van der Waals surface area contributed by atoms with E-state index >= 15 is 0 Å². The van der Waals surface area contributed by atoms with Crippen LogP contribution in [0.25, 0.3) is 0 Å². The van der Waals surface area contributed by atoms with Gasteiger partial charge in [0.05, 0.1) is 4.92 Å². The zero-order chi connectivity index (χ0) is 9.84. The average molecular weight is 245 g/mol. The SMILES string of the molecule is O=[N+]([O-])c1cccc(O[B]O)c1Br. The van der Waals surface area contributed by atoms with E-state index in [-0.39, 0.29) is 15.9 Å². The highest BCUT2D eigenvalue weighted by Crippen LogP contribution is 2.33. The van der Waals surface area contributed by atoms with Crippen LogP contribution in [-0.4, -0.2) is 17.6 Å². The molecule has 0 aliphatic rings. The van der Waals surface area contributed by atoms with E-state index in [9.17, 15) is 10.1 Å². The van der Waals surface area contributed by atoms with E-state index in [1.54, 1.807) is 0 Å². The van der Waals surface area contributed by atoms with Crippen LogP contribution in [0.3, 0.4) is 0 Å². The minimum atomic E-state index is -0.547. The van der Waals surface area contributed by atoms with Gasteiger partial charge >= 0.3 is 7.69 Å². The number of hydrogen-bond acceptors (Lipinski definition) is 4. The number of nitro benzene ring substituents is 1. The lowest BCUT2D eigenvalue weighted by atomic mass is 10.3. The van der Waals surface area contributed by atoms with Gasteiger partial charge < -0.3 is 9.68 Å². The molecule has 13 heavy (non-hydrogen) atoms. The Hall–Kier alpha value is -1.08. The van der Waals surface area contributed by atoms with Crippen LogP contribution in [0.1, 0.15) is 0 Å². The fourth-order valence-electron chi connectivity index (χ4n) is 0.788. The Kier molecular flexibility index (Phi) is 3.27. The highest BCUT2D eigenvalue weighted by molar-refractivity contribution is 9.10. The van der Waals surface area contributed by atoms with Crippen LogP contribution in [0.15, 0.2) is 22.7 Å². The fraction of sp³-hybridized carbons (Fsp3) is 0. The molecule has 0 aliphatic heterocycles. The Bertz CT molecular complexity index is 332. The van der Waals surface area contributed by atoms with Crippen LogP contribution >= 0.6 is 15.9 Å². The minimum absolute atomic E-state index is 0.112. The van der Waals surface area contributed by atoms with Crippen molar-refractivity contribution in [2.45, 2.75) is 0 Å². The summed E-state index contributed by atoms with van der Waals surface area (Å²) in [5, 5.41) is 18.8. The van der Waals surface area contributed by atoms with E-state index in [0.29, 0.717) is 7.69 Å². The zero-order valence-corrected chi connectivity index (χ0v) is 7.89. The molecule has 1 rings (SSSR count). The van der Waals surface area contributed by atoms with Gasteiger partial charge in [-0.2, -0.15) is 0 Å². The minimum Gasteiger partial charge on any atom is -0.536 e. The van der Waals surface area contributed by atoms with Gasteiger partial charge in [0.15, 0.2) is 0 Å². The van der Waals surface area contributed by atoms with Crippen LogP contribution in [-0.2, 0) is 0 Å². The fourth-order valence-corrected chi connectivity index (χ4v) is 1.29. The number of benzene rings is 1. The van der Waals surface area contributed by atoms with Crippen molar-refractivity contribution in [1.82, 2.24) is 0 Å². The summed E-state index contributed by atoms with van der Waals surface area (Å²) in [6, 6.07) is 4.28. The van der Waals surface area contributed by atoms with Gasteiger partial charge in [0.2, 0.25) is 0 Å². The molecule has 1 aromatic carbocycles. The van der Waals surface area contributed by atoms with E-state index in [2.05, 4.69) is 20.6 Å². The molecule has 0 unspecified atom stereocenters. The molecular weight excluding hydrogens is 241 g/mol. The Labute approximate surface area is 82.9 Å². The molecule has 0 fully saturated rings. The van der Waals surface area contributed by atoms with Gasteiger partial charge in [0.25, 0.3) is 5.69 Å². The Morgan fingerprint density at radius 2 is 2.31 bits per heavy atom. The highest BCUT2D eigenvalue weighted by atomic mass is 79.9. The summed E-state index contributed by atoms with van der Waals surface area (Å²) < 4.78 is 4.81. The first-order chi connectivity index (χ1) is 6.16. The topological polar surface area (TPSA) is 72.6 Å². The second-order valence-corrected chi connectivity index (χ2v) is 2.86. The molecule has 7 heteroatoms. The van der Waals surface area contributed by atoms with Crippen molar-refractivity contribution >= 4 is 29.3 Å². The molecule has 0 aromatic heterocycles. The molecule has 0 bridgehead atoms. The molecule has 67 valence electrons. The zero-order valence-electron chi connectivity index (χ0n) is 6.31. The maximum Gasteiger partial charge on any atom is 0.569 e. The van der Waals surface area contributed by atoms with Crippen LogP contribution < -0.4 is 4.65 Å². The number of nitrogens with zero attached hydrogens (tertiary/aromatic N) is 1. The first-order valence-corrected chi connectivity index (χ1v) is 4.01. The second-order valence-electron chi connectivity index (χ2n) is 2.07. The van der Waals surface area contributed by atoms with Crippen LogP contribution in [0.4, 0.5) is 5.69 Å². The predicted octanol–water partition coefficient (Wildman–Crippen LogP) is 1.26. The third-order valence-electron chi connectivity index (χ3n) is 1.32. The smallest absolute Gasteiger partial charge is 0.536 e. The summed E-state index contributed by atoms with van der Waals surface area (Å²) in [5.41, 5.74) is -0.112. The van der Waals surface area contributed by atoms with Crippen molar-refractivity contribution < 1.29 is 14.6 Å². The summed E-state index contributed by atoms with van der Waals surface area (Å²) in [5.74, 6) is 0.191. The average Bonchev–Trinajstić information content (AvgIpc) is 2.08. The summed E-state index contributed by atoms with van der Waals surface area (Å²) in [6.07, 6.45) is 0. The van der Waals surface area contributed by atoms with E-state index in [1.165, 1.54) is 18.2 Å². The molecule has 0 amide bonds. The molecule has 1 N–H and O–H groups in total. The van der Waals surface area contributed by atoms with Crippen LogP contribution in [0.2, 0.25) is 0 Å². The first kappa shape index (κ1) is 10.0. The standard InChI is InChI=1S/C6H4BBrNO4/c8-6-4(9(11)12)2-1-3-5(6)13-7-10/h1-3,10H. The molecule has 0 spiro atoms. The van der Waals surface area contributed by atoms with Gasteiger partial charge in [-0.3, -0.25) is 10.1 Å². The summed E-state index contributed by atoms with van der Waals surface area (Å²) in [6.45, 7) is 0. The molecule has 0 aliphatic carbocycles. The summed E-state index contributed by atoms with van der Waals surface area (Å²) in [4.78, 5) is 9.88. The monoisotopic (exact) mass is 244 g/mol. The maximum absolute atomic E-state index is 10.4. The van der Waals surface area contributed by atoms with Crippen molar-refractivity contribution in [3.8, 4) is 5.75 Å².